The molecule has 22 heavy (non-hydrogen) atoms. The number of carboxylic acids is 1. The first-order valence-corrected chi connectivity index (χ1v) is 8.22. The molecule has 0 spiro atoms. The van der Waals surface area contributed by atoms with Gasteiger partial charge in [0.15, 0.2) is 11.3 Å². The third-order valence-electron chi connectivity index (χ3n) is 4.24. The van der Waals surface area contributed by atoms with Gasteiger partial charge in [0.05, 0.1) is 19.6 Å². The lowest BCUT2D eigenvalue weighted by molar-refractivity contribution is -0.151. The zero-order chi connectivity index (χ0) is 17.0. The number of esters is 1. The second-order valence-corrected chi connectivity index (χ2v) is 7.15. The van der Waals surface area contributed by atoms with Crippen LogP contribution < -0.4 is 11.5 Å². The Balaban J connectivity index is 2.87. The minimum atomic E-state index is -1.91. The minimum Gasteiger partial charge on any atom is -0.481 e. The fourth-order valence-electron chi connectivity index (χ4n) is 2.46. The average molecular weight is 332 g/mol. The second-order valence-electron chi connectivity index (χ2n) is 5.71. The average Bonchev–Trinajstić information content (AvgIpc) is 2.43. The van der Waals surface area contributed by atoms with Crippen LogP contribution >= 0.6 is 11.8 Å². The number of hydrogen-bond acceptors (Lipinski definition) is 7. The minimum absolute atomic E-state index is 0.0375. The number of carboxylic acid groups (broad SMARTS) is 1. The predicted molar refractivity (Wildman–Crippen MR) is 83.5 cm³/mol. The van der Waals surface area contributed by atoms with Gasteiger partial charge in [0, 0.05) is 10.5 Å². The summed E-state index contributed by atoms with van der Waals surface area (Å²) in [7, 11) is 1.14. The number of carbonyl (C=O) groups is 3. The number of nitrogens with two attached hydrogens (primary N) is 2. The van der Waals surface area contributed by atoms with E-state index in [1.807, 2.05) is 0 Å². The van der Waals surface area contributed by atoms with E-state index in [1.54, 1.807) is 0 Å². The van der Waals surface area contributed by atoms with Crippen LogP contribution in [0.3, 0.4) is 0 Å². The lowest BCUT2D eigenvalue weighted by Gasteiger charge is -2.42. The molecule has 1 fully saturated rings. The summed E-state index contributed by atoms with van der Waals surface area (Å²) in [5, 5.41) is 8.74. The molecule has 0 radical (unpaired) electrons. The van der Waals surface area contributed by atoms with E-state index < -0.39 is 35.7 Å². The van der Waals surface area contributed by atoms with Crippen molar-refractivity contribution in [3.8, 4) is 0 Å². The van der Waals surface area contributed by atoms with Gasteiger partial charge in [-0.3, -0.25) is 9.59 Å². The van der Waals surface area contributed by atoms with E-state index in [-0.39, 0.29) is 10.5 Å². The summed E-state index contributed by atoms with van der Waals surface area (Å²) in [4.78, 5) is 35.1. The summed E-state index contributed by atoms with van der Waals surface area (Å²) in [6, 6.07) is -1.33. The Kier molecular flexibility index (Phi) is 6.39. The lowest BCUT2D eigenvalue weighted by Crippen LogP contribution is -2.63. The maximum atomic E-state index is 12.4. The molecule has 126 valence electrons. The monoisotopic (exact) mass is 332 g/mol. The number of methoxy groups -OCH3 is 1. The SMILES string of the molecule is CCC1(SC[C@](N)(C(=O)OC)C(=O)[C@@H](N)CC(=O)O)CCC1. The van der Waals surface area contributed by atoms with Crippen LogP contribution in [0.5, 0.6) is 0 Å². The molecular formula is C14H24N2O5S. The quantitative estimate of drug-likeness (QED) is 0.405. The first kappa shape index (κ1) is 18.9. The van der Waals surface area contributed by atoms with Crippen molar-refractivity contribution in [1.82, 2.24) is 0 Å². The first-order chi connectivity index (χ1) is 10.2. The van der Waals surface area contributed by atoms with E-state index in [0.29, 0.717) is 0 Å². The van der Waals surface area contributed by atoms with Crippen molar-refractivity contribution in [1.29, 1.82) is 0 Å². The van der Waals surface area contributed by atoms with E-state index in [4.69, 9.17) is 16.6 Å². The van der Waals surface area contributed by atoms with Gasteiger partial charge in [-0.25, -0.2) is 4.79 Å². The first-order valence-electron chi connectivity index (χ1n) is 7.23. The van der Waals surface area contributed by atoms with Crippen molar-refractivity contribution in [2.45, 2.75) is 55.4 Å². The second kappa shape index (κ2) is 7.43. The summed E-state index contributed by atoms with van der Waals surface area (Å²) in [5.74, 6) is -2.85. The molecule has 0 heterocycles. The number of aliphatic carboxylic acids is 1. The Hall–Kier alpha value is -1.12. The van der Waals surface area contributed by atoms with Crippen LogP contribution in [0.25, 0.3) is 0 Å². The van der Waals surface area contributed by atoms with Crippen molar-refractivity contribution in [2.75, 3.05) is 12.9 Å². The smallest absolute Gasteiger partial charge is 0.334 e. The lowest BCUT2D eigenvalue weighted by atomic mass is 9.82. The number of Topliss-reactive ketones (excluding diaryl/α,β-unsaturated/α-hetero) is 1. The van der Waals surface area contributed by atoms with E-state index in [0.717, 1.165) is 32.8 Å². The standard InChI is InChI=1S/C14H24N2O5S/c1-3-13(5-4-6-13)22-8-14(16,12(20)21-2)11(19)9(15)7-10(17)18/h9H,3-8,15-16H2,1-2H3,(H,17,18)/t9-,14+/m0/s1. The maximum absolute atomic E-state index is 12.4. The van der Waals surface area contributed by atoms with Crippen LogP contribution in [0.4, 0.5) is 0 Å². The fraction of sp³-hybridized carbons (Fsp3) is 0.786. The molecule has 7 nitrogen and oxygen atoms in total. The molecule has 0 saturated heterocycles. The van der Waals surface area contributed by atoms with Crippen molar-refractivity contribution in [3.63, 3.8) is 0 Å². The molecule has 5 N–H and O–H groups in total. The van der Waals surface area contributed by atoms with Gasteiger partial charge < -0.3 is 21.3 Å². The highest BCUT2D eigenvalue weighted by Crippen LogP contribution is 2.47. The predicted octanol–water partition coefficient (Wildman–Crippen LogP) is 0.294. The maximum Gasteiger partial charge on any atom is 0.334 e. The van der Waals surface area contributed by atoms with Crippen molar-refractivity contribution < 1.29 is 24.2 Å². The van der Waals surface area contributed by atoms with Crippen molar-refractivity contribution in [3.05, 3.63) is 0 Å². The molecular weight excluding hydrogens is 308 g/mol. The summed E-state index contributed by atoms with van der Waals surface area (Å²) >= 11 is 1.48. The Bertz CT molecular complexity index is 447. The van der Waals surface area contributed by atoms with Gasteiger partial charge in [-0.05, 0) is 19.3 Å². The van der Waals surface area contributed by atoms with Crippen LogP contribution in [-0.4, -0.2) is 52.0 Å². The van der Waals surface area contributed by atoms with Gasteiger partial charge in [-0.2, -0.15) is 11.8 Å². The Morgan fingerprint density at radius 2 is 2.00 bits per heavy atom. The molecule has 0 aromatic heterocycles. The molecule has 0 bridgehead atoms. The molecule has 1 aliphatic carbocycles. The number of carbonyl (C=O) groups excluding carboxylic acids is 2. The van der Waals surface area contributed by atoms with E-state index >= 15 is 0 Å². The molecule has 0 unspecified atom stereocenters. The molecule has 0 aromatic rings. The van der Waals surface area contributed by atoms with E-state index in [2.05, 4.69) is 11.7 Å². The van der Waals surface area contributed by atoms with Crippen LogP contribution in [0.1, 0.15) is 39.0 Å². The topological polar surface area (TPSA) is 133 Å². The van der Waals surface area contributed by atoms with Gasteiger partial charge >= 0.3 is 11.9 Å². The third kappa shape index (κ3) is 3.99. The summed E-state index contributed by atoms with van der Waals surface area (Å²) in [6.07, 6.45) is 3.49. The largest absolute Gasteiger partial charge is 0.481 e. The number of rotatable bonds is 9. The Morgan fingerprint density at radius 3 is 2.36 bits per heavy atom. The summed E-state index contributed by atoms with van der Waals surface area (Å²) < 4.78 is 4.68. The molecule has 0 amide bonds. The molecule has 8 heteroatoms. The Morgan fingerprint density at radius 1 is 1.41 bits per heavy atom. The third-order valence-corrected chi connectivity index (χ3v) is 6.14. The molecule has 1 aliphatic rings. The van der Waals surface area contributed by atoms with Gasteiger partial charge in [0.2, 0.25) is 0 Å². The van der Waals surface area contributed by atoms with Crippen LogP contribution in [0, 0.1) is 0 Å². The van der Waals surface area contributed by atoms with Gasteiger partial charge in [-0.1, -0.05) is 13.3 Å². The number of ketones is 1. The summed E-state index contributed by atoms with van der Waals surface area (Å²) in [5.41, 5.74) is 9.67. The fourth-order valence-corrected chi connectivity index (χ4v) is 4.04. The molecule has 0 aliphatic heterocycles. The van der Waals surface area contributed by atoms with E-state index in [9.17, 15) is 14.4 Å². The van der Waals surface area contributed by atoms with Gasteiger partial charge in [0.25, 0.3) is 0 Å². The van der Waals surface area contributed by atoms with Crippen molar-refractivity contribution in [2.24, 2.45) is 11.5 Å². The van der Waals surface area contributed by atoms with Crippen LogP contribution in [0.2, 0.25) is 0 Å². The van der Waals surface area contributed by atoms with Crippen molar-refractivity contribution >= 4 is 29.5 Å². The highest BCUT2D eigenvalue weighted by Gasteiger charge is 2.48. The molecule has 0 aromatic carbocycles. The van der Waals surface area contributed by atoms with Gasteiger partial charge in [-0.15, -0.1) is 0 Å². The highest BCUT2D eigenvalue weighted by molar-refractivity contribution is 8.00. The van der Waals surface area contributed by atoms with Crippen LogP contribution in [-0.2, 0) is 19.1 Å². The normalized spacial score (nSPS) is 20.4. The zero-order valence-corrected chi connectivity index (χ0v) is 13.8. The van der Waals surface area contributed by atoms with E-state index in [1.165, 1.54) is 11.8 Å². The van der Waals surface area contributed by atoms with Gasteiger partial charge in [0.1, 0.15) is 0 Å². The molecule has 2 atom stereocenters. The summed E-state index contributed by atoms with van der Waals surface area (Å²) in [6.45, 7) is 2.06. The molecule has 1 rings (SSSR count). The number of ether oxygens (including phenoxy) is 1. The van der Waals surface area contributed by atoms with Crippen LogP contribution in [0.15, 0.2) is 0 Å². The molecule has 1 saturated carbocycles. The Labute approximate surface area is 134 Å². The zero-order valence-electron chi connectivity index (χ0n) is 13.0. The number of hydrogen-bond donors (Lipinski definition) is 3. The highest BCUT2D eigenvalue weighted by atomic mass is 32.2. The number of thioether (sulfide) groups is 1.